The highest BCUT2D eigenvalue weighted by atomic mass is 16.6. The van der Waals surface area contributed by atoms with Gasteiger partial charge in [0.15, 0.2) is 0 Å². The van der Waals surface area contributed by atoms with Crippen molar-refractivity contribution in [2.45, 2.75) is 38.3 Å². The Morgan fingerprint density at radius 1 is 1.47 bits per heavy atom. The van der Waals surface area contributed by atoms with Crippen molar-refractivity contribution in [3.05, 3.63) is 0 Å². The van der Waals surface area contributed by atoms with Gasteiger partial charge in [0.25, 0.3) is 0 Å². The fourth-order valence-electron chi connectivity index (χ4n) is 1.58. The van der Waals surface area contributed by atoms with E-state index in [1.165, 1.54) is 0 Å². The smallest absolute Gasteiger partial charge is 0.332 e. The number of rotatable bonds is 7. The Hall–Kier alpha value is -1.14. The molecular formula is C11H19NO5. The van der Waals surface area contributed by atoms with Gasteiger partial charge in [-0.15, -0.1) is 0 Å². The van der Waals surface area contributed by atoms with E-state index in [0.717, 1.165) is 12.8 Å². The molecule has 2 N–H and O–H groups in total. The number of carbonyl (C=O) groups is 2. The van der Waals surface area contributed by atoms with Gasteiger partial charge in [-0.1, -0.05) is 13.3 Å². The summed E-state index contributed by atoms with van der Waals surface area (Å²) < 4.78 is 10.2. The normalized spacial score (nSPS) is 23.6. The van der Waals surface area contributed by atoms with Crippen LogP contribution in [0.5, 0.6) is 0 Å². The minimum absolute atomic E-state index is 0.109. The molecular weight excluding hydrogens is 226 g/mol. The Morgan fingerprint density at radius 2 is 2.24 bits per heavy atom. The van der Waals surface area contributed by atoms with Crippen molar-refractivity contribution in [3.63, 3.8) is 0 Å². The van der Waals surface area contributed by atoms with Gasteiger partial charge in [-0.2, -0.15) is 0 Å². The molecule has 0 aromatic rings. The van der Waals surface area contributed by atoms with Gasteiger partial charge < -0.3 is 19.9 Å². The molecule has 0 aromatic carbocycles. The number of carboxylic acid groups (broad SMARTS) is 1. The lowest BCUT2D eigenvalue weighted by atomic mass is 10.2. The summed E-state index contributed by atoms with van der Waals surface area (Å²) >= 11 is 0. The molecule has 0 bridgehead atoms. The maximum Gasteiger partial charge on any atom is 0.332 e. The van der Waals surface area contributed by atoms with E-state index in [4.69, 9.17) is 14.6 Å². The molecule has 0 radical (unpaired) electrons. The van der Waals surface area contributed by atoms with Crippen LogP contribution >= 0.6 is 0 Å². The van der Waals surface area contributed by atoms with Crippen LogP contribution in [0.15, 0.2) is 0 Å². The van der Waals surface area contributed by atoms with E-state index in [0.29, 0.717) is 19.6 Å². The maximum absolute atomic E-state index is 11.2. The molecule has 0 unspecified atom stereocenters. The predicted molar refractivity (Wildman–Crippen MR) is 59.7 cm³/mol. The average molecular weight is 245 g/mol. The van der Waals surface area contributed by atoms with Crippen molar-refractivity contribution in [1.29, 1.82) is 0 Å². The minimum Gasteiger partial charge on any atom is -0.480 e. The second kappa shape index (κ2) is 7.24. The number of esters is 1. The van der Waals surface area contributed by atoms with Crippen LogP contribution < -0.4 is 5.32 Å². The zero-order chi connectivity index (χ0) is 12.7. The average Bonchev–Trinajstić information content (AvgIpc) is 2.75. The number of unbranched alkanes of at least 4 members (excludes halogenated alkanes) is 1. The molecule has 17 heavy (non-hydrogen) atoms. The molecule has 6 heteroatoms. The third kappa shape index (κ3) is 5.14. The summed E-state index contributed by atoms with van der Waals surface area (Å²) in [6.07, 6.45) is 1.98. The molecule has 0 aromatic heterocycles. The largest absolute Gasteiger partial charge is 0.480 e. The van der Waals surface area contributed by atoms with E-state index in [-0.39, 0.29) is 12.7 Å². The number of carbonyl (C=O) groups excluding carboxylic acids is 1. The molecule has 0 saturated carbocycles. The first kappa shape index (κ1) is 13.9. The van der Waals surface area contributed by atoms with Gasteiger partial charge >= 0.3 is 11.9 Å². The Kier molecular flexibility index (Phi) is 5.93. The third-order valence-electron chi connectivity index (χ3n) is 2.59. The van der Waals surface area contributed by atoms with Crippen molar-refractivity contribution in [1.82, 2.24) is 5.32 Å². The first-order chi connectivity index (χ1) is 8.13. The predicted octanol–water partition coefficient (Wildman–Crippen LogP) is 0.161. The lowest BCUT2D eigenvalue weighted by Gasteiger charge is -2.10. The van der Waals surface area contributed by atoms with E-state index in [1.807, 2.05) is 6.92 Å². The van der Waals surface area contributed by atoms with Gasteiger partial charge in [0, 0.05) is 13.0 Å². The first-order valence-electron chi connectivity index (χ1n) is 5.87. The number of ether oxygens (including phenoxy) is 2. The van der Waals surface area contributed by atoms with Gasteiger partial charge in [0.1, 0.15) is 12.6 Å². The summed E-state index contributed by atoms with van der Waals surface area (Å²) in [5.74, 6) is -1.28. The van der Waals surface area contributed by atoms with E-state index in [9.17, 15) is 9.59 Å². The summed E-state index contributed by atoms with van der Waals surface area (Å²) in [7, 11) is 0. The Morgan fingerprint density at radius 3 is 2.82 bits per heavy atom. The highest BCUT2D eigenvalue weighted by Gasteiger charge is 2.30. The molecule has 6 nitrogen and oxygen atoms in total. The summed E-state index contributed by atoms with van der Waals surface area (Å²) in [4.78, 5) is 21.9. The van der Waals surface area contributed by atoms with E-state index < -0.39 is 18.0 Å². The maximum atomic E-state index is 11.2. The third-order valence-corrected chi connectivity index (χ3v) is 2.59. The number of carboxylic acids is 1. The Bertz CT molecular complexity index is 269. The van der Waals surface area contributed by atoms with Crippen LogP contribution in [-0.2, 0) is 19.1 Å². The lowest BCUT2D eigenvalue weighted by molar-refractivity contribution is -0.150. The second-order valence-corrected chi connectivity index (χ2v) is 4.04. The van der Waals surface area contributed by atoms with Gasteiger partial charge in [-0.3, -0.25) is 4.79 Å². The molecule has 98 valence electrons. The topological polar surface area (TPSA) is 84.9 Å². The van der Waals surface area contributed by atoms with Crippen LogP contribution in [0.3, 0.4) is 0 Å². The van der Waals surface area contributed by atoms with Crippen LogP contribution in [0.4, 0.5) is 0 Å². The quantitative estimate of drug-likeness (QED) is 0.491. The summed E-state index contributed by atoms with van der Waals surface area (Å²) in [6, 6.07) is -0.573. The number of hydrogen-bond acceptors (Lipinski definition) is 5. The van der Waals surface area contributed by atoms with Crippen LogP contribution in [0, 0.1) is 0 Å². The zero-order valence-corrected chi connectivity index (χ0v) is 9.98. The van der Waals surface area contributed by atoms with Crippen molar-refractivity contribution in [2.75, 3.05) is 19.8 Å². The highest BCUT2D eigenvalue weighted by molar-refractivity contribution is 5.74. The van der Waals surface area contributed by atoms with Gasteiger partial charge in [0.05, 0.1) is 12.7 Å². The molecule has 1 aliphatic heterocycles. The minimum atomic E-state index is -0.887. The molecule has 2 atom stereocenters. The lowest BCUT2D eigenvalue weighted by Crippen LogP contribution is -2.30. The standard InChI is InChI=1S/C11H19NO5/c1-2-3-4-16-10(13)7-17-8-5-9(11(14)15)12-6-8/h8-9,12H,2-7H2,1H3,(H,14,15)/t8-,9+/m0/s1. The van der Waals surface area contributed by atoms with Gasteiger partial charge in [-0.25, -0.2) is 4.79 Å². The Balaban J connectivity index is 2.11. The van der Waals surface area contributed by atoms with E-state index in [1.54, 1.807) is 0 Å². The van der Waals surface area contributed by atoms with Crippen LogP contribution in [-0.4, -0.2) is 48.9 Å². The fraction of sp³-hybridized carbons (Fsp3) is 0.818. The van der Waals surface area contributed by atoms with Crippen molar-refractivity contribution in [2.24, 2.45) is 0 Å². The van der Waals surface area contributed by atoms with Crippen molar-refractivity contribution >= 4 is 11.9 Å². The van der Waals surface area contributed by atoms with E-state index in [2.05, 4.69) is 5.32 Å². The highest BCUT2D eigenvalue weighted by Crippen LogP contribution is 2.10. The number of nitrogens with one attached hydrogen (secondary N) is 1. The molecule has 1 heterocycles. The number of aliphatic carboxylic acids is 1. The van der Waals surface area contributed by atoms with Crippen LogP contribution in [0.25, 0.3) is 0 Å². The van der Waals surface area contributed by atoms with Crippen LogP contribution in [0.2, 0.25) is 0 Å². The van der Waals surface area contributed by atoms with Gasteiger partial charge in [-0.05, 0) is 6.42 Å². The SMILES string of the molecule is CCCCOC(=O)CO[C@@H]1CN[C@@H](C(=O)O)C1. The molecule has 1 fully saturated rings. The van der Waals surface area contributed by atoms with Crippen LogP contribution in [0.1, 0.15) is 26.2 Å². The molecule has 1 saturated heterocycles. The summed E-state index contributed by atoms with van der Waals surface area (Å²) in [5, 5.41) is 11.5. The van der Waals surface area contributed by atoms with E-state index >= 15 is 0 Å². The number of hydrogen-bond donors (Lipinski definition) is 2. The summed E-state index contributed by atoms with van der Waals surface area (Å²) in [6.45, 7) is 2.78. The molecule has 0 aliphatic carbocycles. The summed E-state index contributed by atoms with van der Waals surface area (Å²) in [5.41, 5.74) is 0. The Labute approximate surface area is 100 Å². The van der Waals surface area contributed by atoms with Crippen molar-refractivity contribution < 1.29 is 24.2 Å². The second-order valence-electron chi connectivity index (χ2n) is 4.04. The van der Waals surface area contributed by atoms with Gasteiger partial charge in [0.2, 0.25) is 0 Å². The monoisotopic (exact) mass is 245 g/mol. The van der Waals surface area contributed by atoms with Crippen molar-refractivity contribution in [3.8, 4) is 0 Å². The molecule has 1 aliphatic rings. The molecule has 0 spiro atoms. The molecule has 0 amide bonds. The fourth-order valence-corrected chi connectivity index (χ4v) is 1.58. The molecule has 1 rings (SSSR count). The zero-order valence-electron chi connectivity index (χ0n) is 9.98. The first-order valence-corrected chi connectivity index (χ1v) is 5.87.